The van der Waals surface area contributed by atoms with Crippen molar-refractivity contribution in [1.82, 2.24) is 4.90 Å². The van der Waals surface area contributed by atoms with E-state index in [2.05, 4.69) is 0 Å². The Bertz CT molecular complexity index is 365. The van der Waals surface area contributed by atoms with Crippen LogP contribution in [0, 0.1) is 5.82 Å². The average molecular weight is 252 g/mol. The predicted octanol–water partition coefficient (Wildman–Crippen LogP) is 2.30. The monoisotopic (exact) mass is 252 g/mol. The molecule has 1 rings (SSSR count). The van der Waals surface area contributed by atoms with E-state index in [1.165, 1.54) is 12.1 Å². The number of hydrogen-bond donors (Lipinski definition) is 1. The summed E-state index contributed by atoms with van der Waals surface area (Å²) in [6.45, 7) is 1.20. The van der Waals surface area contributed by atoms with Crippen molar-refractivity contribution in [3.8, 4) is 0 Å². The van der Waals surface area contributed by atoms with Gasteiger partial charge in [-0.05, 0) is 37.1 Å². The van der Waals surface area contributed by atoms with Crippen molar-refractivity contribution in [1.29, 1.82) is 0 Å². The second-order valence-corrected chi connectivity index (χ2v) is 4.48. The Balaban J connectivity index is 2.33. The van der Waals surface area contributed by atoms with Crippen molar-refractivity contribution in [3.63, 3.8) is 0 Å². The van der Waals surface area contributed by atoms with Crippen LogP contribution in [0.15, 0.2) is 24.3 Å². The normalized spacial score (nSPS) is 10.4. The van der Waals surface area contributed by atoms with Gasteiger partial charge in [0.25, 0.3) is 0 Å². The van der Waals surface area contributed by atoms with Crippen molar-refractivity contribution >= 4 is 5.91 Å². The third-order valence-electron chi connectivity index (χ3n) is 2.85. The molecule has 3 nitrogen and oxygen atoms in total. The molecule has 0 fully saturated rings. The number of benzene rings is 1. The van der Waals surface area contributed by atoms with E-state index in [4.69, 9.17) is 5.73 Å². The predicted molar refractivity (Wildman–Crippen MR) is 70.4 cm³/mol. The smallest absolute Gasteiger partial charge is 0.222 e. The van der Waals surface area contributed by atoms with Gasteiger partial charge in [0.1, 0.15) is 5.82 Å². The third-order valence-corrected chi connectivity index (χ3v) is 2.85. The van der Waals surface area contributed by atoms with E-state index in [-0.39, 0.29) is 11.7 Å². The number of nitrogens with two attached hydrogens (primary N) is 1. The zero-order valence-corrected chi connectivity index (χ0v) is 10.9. The molecular weight excluding hydrogens is 231 g/mol. The van der Waals surface area contributed by atoms with Gasteiger partial charge in [0, 0.05) is 20.0 Å². The maximum atomic E-state index is 12.7. The molecule has 0 aliphatic heterocycles. The third kappa shape index (κ3) is 5.27. The molecule has 0 heterocycles. The summed E-state index contributed by atoms with van der Waals surface area (Å²) in [6.07, 6.45) is 3.39. The second kappa shape index (κ2) is 7.82. The first-order chi connectivity index (χ1) is 8.63. The van der Waals surface area contributed by atoms with Crippen LogP contribution in [0.1, 0.15) is 31.2 Å². The van der Waals surface area contributed by atoms with Crippen LogP contribution in [-0.2, 0) is 11.3 Å². The lowest BCUT2D eigenvalue weighted by molar-refractivity contribution is -0.130. The summed E-state index contributed by atoms with van der Waals surface area (Å²) >= 11 is 0. The fourth-order valence-electron chi connectivity index (χ4n) is 1.74. The molecule has 4 heteroatoms. The average Bonchev–Trinajstić information content (AvgIpc) is 2.37. The van der Waals surface area contributed by atoms with Crippen LogP contribution in [0.4, 0.5) is 4.39 Å². The van der Waals surface area contributed by atoms with Crippen molar-refractivity contribution in [2.75, 3.05) is 13.6 Å². The zero-order chi connectivity index (χ0) is 13.4. The van der Waals surface area contributed by atoms with E-state index in [1.807, 2.05) is 0 Å². The molecular formula is C14H21FN2O. The van der Waals surface area contributed by atoms with Crippen LogP contribution in [0.5, 0.6) is 0 Å². The number of carbonyl (C=O) groups excluding carboxylic acids is 1. The molecule has 1 aromatic carbocycles. The SMILES string of the molecule is CN(Cc1ccc(F)cc1)C(=O)CCCCCN. The number of rotatable bonds is 7. The summed E-state index contributed by atoms with van der Waals surface area (Å²) in [6, 6.07) is 6.23. The van der Waals surface area contributed by atoms with Crippen molar-refractivity contribution in [2.24, 2.45) is 5.73 Å². The largest absolute Gasteiger partial charge is 0.341 e. The number of halogens is 1. The first-order valence-electron chi connectivity index (χ1n) is 6.32. The van der Waals surface area contributed by atoms with Gasteiger partial charge in [-0.25, -0.2) is 4.39 Å². The van der Waals surface area contributed by atoms with Crippen molar-refractivity contribution in [3.05, 3.63) is 35.6 Å². The summed E-state index contributed by atoms with van der Waals surface area (Å²) in [7, 11) is 1.77. The van der Waals surface area contributed by atoms with Gasteiger partial charge in [0.05, 0.1) is 0 Å². The van der Waals surface area contributed by atoms with Gasteiger partial charge in [-0.3, -0.25) is 4.79 Å². The molecule has 0 radical (unpaired) electrons. The van der Waals surface area contributed by atoms with E-state index in [0.29, 0.717) is 19.5 Å². The van der Waals surface area contributed by atoms with Crippen molar-refractivity contribution < 1.29 is 9.18 Å². The molecule has 18 heavy (non-hydrogen) atoms. The van der Waals surface area contributed by atoms with E-state index >= 15 is 0 Å². The highest BCUT2D eigenvalue weighted by Gasteiger charge is 2.08. The van der Waals surface area contributed by atoms with Crippen molar-refractivity contribution in [2.45, 2.75) is 32.2 Å². The quantitative estimate of drug-likeness (QED) is 0.757. The lowest BCUT2D eigenvalue weighted by Crippen LogP contribution is -2.25. The molecule has 0 atom stereocenters. The zero-order valence-electron chi connectivity index (χ0n) is 10.9. The first-order valence-corrected chi connectivity index (χ1v) is 6.32. The lowest BCUT2D eigenvalue weighted by Gasteiger charge is -2.17. The number of amides is 1. The van der Waals surface area contributed by atoms with Gasteiger partial charge in [0.2, 0.25) is 5.91 Å². The fraction of sp³-hybridized carbons (Fsp3) is 0.500. The maximum Gasteiger partial charge on any atom is 0.222 e. The molecule has 0 saturated heterocycles. The van der Waals surface area contributed by atoms with Gasteiger partial charge < -0.3 is 10.6 Å². The highest BCUT2D eigenvalue weighted by molar-refractivity contribution is 5.75. The molecule has 1 aromatic rings. The summed E-state index contributed by atoms with van der Waals surface area (Å²) in [4.78, 5) is 13.5. The molecule has 1 amide bonds. The summed E-state index contributed by atoms with van der Waals surface area (Å²) in [5.41, 5.74) is 6.33. The Hall–Kier alpha value is -1.42. The van der Waals surface area contributed by atoms with E-state index in [9.17, 15) is 9.18 Å². The van der Waals surface area contributed by atoms with Crippen LogP contribution >= 0.6 is 0 Å². The molecule has 0 spiro atoms. The molecule has 0 saturated carbocycles. The Labute approximate surface area is 108 Å². The Morgan fingerprint density at radius 3 is 2.50 bits per heavy atom. The minimum Gasteiger partial charge on any atom is -0.341 e. The molecule has 0 bridgehead atoms. The molecule has 2 N–H and O–H groups in total. The van der Waals surface area contributed by atoms with Crippen LogP contribution in [-0.4, -0.2) is 24.4 Å². The van der Waals surface area contributed by atoms with E-state index in [0.717, 1.165) is 24.8 Å². The molecule has 0 aromatic heterocycles. The van der Waals surface area contributed by atoms with Gasteiger partial charge in [-0.1, -0.05) is 18.6 Å². The molecule has 100 valence electrons. The van der Waals surface area contributed by atoms with E-state index in [1.54, 1.807) is 24.1 Å². The highest BCUT2D eigenvalue weighted by atomic mass is 19.1. The Morgan fingerprint density at radius 1 is 1.22 bits per heavy atom. The molecule has 0 aliphatic carbocycles. The van der Waals surface area contributed by atoms with Crippen LogP contribution in [0.2, 0.25) is 0 Å². The number of unbranched alkanes of at least 4 members (excludes halogenated alkanes) is 2. The van der Waals surface area contributed by atoms with Crippen LogP contribution in [0.3, 0.4) is 0 Å². The number of carbonyl (C=O) groups is 1. The topological polar surface area (TPSA) is 46.3 Å². The minimum atomic E-state index is -0.255. The van der Waals surface area contributed by atoms with Gasteiger partial charge in [-0.15, -0.1) is 0 Å². The Morgan fingerprint density at radius 2 is 1.89 bits per heavy atom. The molecule has 0 aliphatic rings. The fourth-order valence-corrected chi connectivity index (χ4v) is 1.74. The summed E-state index contributed by atoms with van der Waals surface area (Å²) < 4.78 is 12.7. The van der Waals surface area contributed by atoms with Gasteiger partial charge in [-0.2, -0.15) is 0 Å². The van der Waals surface area contributed by atoms with E-state index < -0.39 is 0 Å². The van der Waals surface area contributed by atoms with Gasteiger partial charge >= 0.3 is 0 Å². The summed E-state index contributed by atoms with van der Waals surface area (Å²) in [5.74, 6) is -0.133. The van der Waals surface area contributed by atoms with Crippen LogP contribution < -0.4 is 5.73 Å². The standard InChI is InChI=1S/C14H21FN2O/c1-17(14(18)5-3-2-4-10-16)11-12-6-8-13(15)9-7-12/h6-9H,2-5,10-11,16H2,1H3. The van der Waals surface area contributed by atoms with Crippen LogP contribution in [0.25, 0.3) is 0 Å². The highest BCUT2D eigenvalue weighted by Crippen LogP contribution is 2.08. The lowest BCUT2D eigenvalue weighted by atomic mass is 10.1. The first kappa shape index (κ1) is 14.6. The Kier molecular flexibility index (Phi) is 6.36. The molecule has 0 unspecified atom stereocenters. The van der Waals surface area contributed by atoms with Gasteiger partial charge in [0.15, 0.2) is 0 Å². The number of hydrogen-bond acceptors (Lipinski definition) is 2. The number of nitrogens with zero attached hydrogens (tertiary/aromatic N) is 1. The maximum absolute atomic E-state index is 12.7. The second-order valence-electron chi connectivity index (χ2n) is 4.48. The minimum absolute atomic E-state index is 0.122. The summed E-state index contributed by atoms with van der Waals surface area (Å²) in [5, 5.41) is 0.